The maximum absolute atomic E-state index is 15.8. The SMILES string of the molecule is Cc1cc(C(=O)Nc2nc3cc(C4CCN(C5CC5)CC4)ccc3n2[C@H]2CC[C@@](C)(O)CC2)c(F)c(-c2cnn(C)c2)n1. The van der Waals surface area contributed by atoms with Crippen molar-refractivity contribution < 1.29 is 14.3 Å². The summed E-state index contributed by atoms with van der Waals surface area (Å²) in [6.07, 6.45) is 11.0. The van der Waals surface area contributed by atoms with Crippen molar-refractivity contribution in [1.29, 1.82) is 0 Å². The number of nitrogens with one attached hydrogen (secondary N) is 1. The molecule has 4 heterocycles. The molecular weight excluding hydrogens is 545 g/mol. The number of carbonyl (C=O) groups excluding carboxylic acids is 1. The lowest BCUT2D eigenvalue weighted by Gasteiger charge is -2.34. The number of imidazole rings is 1. The van der Waals surface area contributed by atoms with Crippen LogP contribution in [0.5, 0.6) is 0 Å². The van der Waals surface area contributed by atoms with Crippen molar-refractivity contribution in [1.82, 2.24) is 29.2 Å². The Hall–Kier alpha value is -3.63. The summed E-state index contributed by atoms with van der Waals surface area (Å²) < 4.78 is 19.4. The molecule has 2 aliphatic carbocycles. The summed E-state index contributed by atoms with van der Waals surface area (Å²) in [5.41, 5.74) is 3.42. The zero-order valence-electron chi connectivity index (χ0n) is 25.2. The molecule has 0 radical (unpaired) electrons. The van der Waals surface area contributed by atoms with E-state index in [1.54, 1.807) is 24.9 Å². The van der Waals surface area contributed by atoms with Crippen LogP contribution >= 0.6 is 0 Å². The molecule has 1 saturated heterocycles. The van der Waals surface area contributed by atoms with Gasteiger partial charge in [-0.2, -0.15) is 5.10 Å². The second-order valence-electron chi connectivity index (χ2n) is 13.2. The van der Waals surface area contributed by atoms with Crippen molar-refractivity contribution in [2.75, 3.05) is 18.4 Å². The van der Waals surface area contributed by atoms with E-state index in [0.717, 1.165) is 55.8 Å². The maximum Gasteiger partial charge on any atom is 0.261 e. The minimum Gasteiger partial charge on any atom is -0.390 e. The molecule has 0 spiro atoms. The van der Waals surface area contributed by atoms with E-state index in [2.05, 4.69) is 43.1 Å². The minimum absolute atomic E-state index is 0.0585. The van der Waals surface area contributed by atoms with Crippen molar-refractivity contribution in [3.8, 4) is 11.3 Å². The highest BCUT2D eigenvalue weighted by atomic mass is 19.1. The van der Waals surface area contributed by atoms with Gasteiger partial charge in [-0.05, 0) is 108 Å². The highest BCUT2D eigenvalue weighted by molar-refractivity contribution is 6.05. The number of benzene rings is 1. The van der Waals surface area contributed by atoms with Gasteiger partial charge < -0.3 is 14.6 Å². The van der Waals surface area contributed by atoms with Gasteiger partial charge in [-0.15, -0.1) is 0 Å². The third kappa shape index (κ3) is 5.58. The highest BCUT2D eigenvalue weighted by Gasteiger charge is 2.34. The number of amides is 1. The van der Waals surface area contributed by atoms with E-state index in [-0.39, 0.29) is 17.3 Å². The van der Waals surface area contributed by atoms with Crippen LogP contribution in [0.4, 0.5) is 10.3 Å². The molecule has 3 aliphatic rings. The number of aryl methyl sites for hydroxylation is 2. The molecule has 4 aromatic rings. The molecule has 226 valence electrons. The molecule has 1 aromatic carbocycles. The van der Waals surface area contributed by atoms with Crippen LogP contribution in [-0.2, 0) is 7.05 Å². The Bertz CT molecular complexity index is 1670. The summed E-state index contributed by atoms with van der Waals surface area (Å²) in [6.45, 7) is 5.91. The number of carbonyl (C=O) groups is 1. The first-order chi connectivity index (χ1) is 20.6. The van der Waals surface area contributed by atoms with Crippen LogP contribution in [-0.4, -0.2) is 65.0 Å². The molecule has 3 aromatic heterocycles. The molecule has 1 amide bonds. The van der Waals surface area contributed by atoms with E-state index >= 15 is 4.39 Å². The number of aromatic nitrogens is 5. The summed E-state index contributed by atoms with van der Waals surface area (Å²) in [5, 5.41) is 17.7. The number of hydrogen-bond acceptors (Lipinski definition) is 6. The van der Waals surface area contributed by atoms with Gasteiger partial charge >= 0.3 is 0 Å². The van der Waals surface area contributed by atoms with E-state index in [1.165, 1.54) is 30.7 Å². The van der Waals surface area contributed by atoms with Crippen molar-refractivity contribution in [2.45, 2.75) is 88.8 Å². The number of nitrogens with zero attached hydrogens (tertiary/aromatic N) is 6. The average Bonchev–Trinajstić information content (AvgIpc) is 3.66. The van der Waals surface area contributed by atoms with Gasteiger partial charge in [0.1, 0.15) is 5.69 Å². The van der Waals surface area contributed by atoms with Crippen LogP contribution < -0.4 is 5.32 Å². The fourth-order valence-electron chi connectivity index (χ4n) is 7.07. The number of pyridine rings is 1. The van der Waals surface area contributed by atoms with Crippen molar-refractivity contribution in [3.63, 3.8) is 0 Å². The Kier molecular flexibility index (Phi) is 7.09. The standard InChI is InChI=1S/C33H40FN7O2/c1-20-16-26(29(34)30(36-20)23-18-35-39(3)19-23)31(42)38-32-37-27-17-22(21-10-14-40(15-11-21)24-5-6-24)4-7-28(27)41(32)25-8-12-33(2,43)13-9-25/h4,7,16-19,21,24-25,43H,5-6,8-15H2,1-3H3,(H,37,38,42)/t25-,33+. The lowest BCUT2D eigenvalue weighted by atomic mass is 9.83. The topological polar surface area (TPSA) is 101 Å². The Morgan fingerprint density at radius 3 is 2.47 bits per heavy atom. The molecule has 0 unspecified atom stereocenters. The Balaban J connectivity index is 1.22. The third-order valence-electron chi connectivity index (χ3n) is 9.71. The van der Waals surface area contributed by atoms with Crippen LogP contribution in [0.1, 0.15) is 91.9 Å². The summed E-state index contributed by atoms with van der Waals surface area (Å²) in [4.78, 5) is 25.6. The number of rotatable bonds is 6. The Labute approximate surface area is 251 Å². The zero-order chi connectivity index (χ0) is 29.9. The van der Waals surface area contributed by atoms with Crippen molar-refractivity contribution in [2.24, 2.45) is 7.05 Å². The smallest absolute Gasteiger partial charge is 0.261 e. The van der Waals surface area contributed by atoms with Crippen molar-refractivity contribution >= 4 is 22.9 Å². The molecule has 2 N–H and O–H groups in total. The Morgan fingerprint density at radius 2 is 1.79 bits per heavy atom. The van der Waals surface area contributed by atoms with Gasteiger partial charge in [0.05, 0.1) is 28.4 Å². The fraction of sp³-hybridized carbons (Fsp3) is 0.515. The first-order valence-corrected chi connectivity index (χ1v) is 15.6. The molecule has 2 saturated carbocycles. The van der Waals surface area contributed by atoms with Crippen LogP contribution in [0.2, 0.25) is 0 Å². The summed E-state index contributed by atoms with van der Waals surface area (Å²) in [6, 6.07) is 8.86. The van der Waals surface area contributed by atoms with E-state index in [0.29, 0.717) is 36.0 Å². The predicted molar refractivity (Wildman–Crippen MR) is 164 cm³/mol. The highest BCUT2D eigenvalue weighted by Crippen LogP contribution is 2.40. The molecular formula is C33H40FN7O2. The van der Waals surface area contributed by atoms with Gasteiger partial charge in [-0.25, -0.2) is 14.4 Å². The predicted octanol–water partition coefficient (Wildman–Crippen LogP) is 5.74. The van der Waals surface area contributed by atoms with Crippen LogP contribution in [0, 0.1) is 12.7 Å². The quantitative estimate of drug-likeness (QED) is 0.299. The lowest BCUT2D eigenvalue weighted by molar-refractivity contribution is 0.0106. The maximum atomic E-state index is 15.8. The summed E-state index contributed by atoms with van der Waals surface area (Å²) in [5.74, 6) is -0.358. The number of aliphatic hydroxyl groups is 1. The van der Waals surface area contributed by atoms with Gasteiger partial charge in [0.2, 0.25) is 5.95 Å². The fourth-order valence-corrected chi connectivity index (χ4v) is 7.07. The number of fused-ring (bicyclic) bond motifs is 1. The van der Waals surface area contributed by atoms with Gasteiger partial charge in [0, 0.05) is 36.6 Å². The molecule has 7 rings (SSSR count). The molecule has 1 aliphatic heterocycles. The summed E-state index contributed by atoms with van der Waals surface area (Å²) in [7, 11) is 1.75. The molecule has 0 atom stereocenters. The number of likely N-dealkylation sites (tertiary alicyclic amines) is 1. The molecule has 0 bridgehead atoms. The van der Waals surface area contributed by atoms with Crippen LogP contribution in [0.25, 0.3) is 22.3 Å². The largest absolute Gasteiger partial charge is 0.390 e. The van der Waals surface area contributed by atoms with E-state index in [1.807, 2.05) is 6.92 Å². The first-order valence-electron chi connectivity index (χ1n) is 15.6. The normalized spacial score (nSPS) is 23.6. The number of anilines is 1. The monoisotopic (exact) mass is 585 g/mol. The van der Waals surface area contributed by atoms with E-state index < -0.39 is 17.3 Å². The summed E-state index contributed by atoms with van der Waals surface area (Å²) >= 11 is 0. The van der Waals surface area contributed by atoms with Crippen LogP contribution in [0.15, 0.2) is 36.7 Å². The minimum atomic E-state index is -0.695. The molecule has 43 heavy (non-hydrogen) atoms. The first kappa shape index (κ1) is 28.2. The molecule has 9 nitrogen and oxygen atoms in total. The van der Waals surface area contributed by atoms with E-state index in [9.17, 15) is 9.90 Å². The van der Waals surface area contributed by atoms with Gasteiger partial charge in [0.25, 0.3) is 5.91 Å². The molecule has 10 heteroatoms. The number of hydrogen-bond donors (Lipinski definition) is 2. The zero-order valence-corrected chi connectivity index (χ0v) is 25.2. The number of piperidine rings is 1. The second-order valence-corrected chi connectivity index (χ2v) is 13.2. The number of halogens is 1. The second kappa shape index (κ2) is 10.8. The molecule has 3 fully saturated rings. The van der Waals surface area contributed by atoms with Gasteiger partial charge in [-0.3, -0.25) is 14.8 Å². The van der Waals surface area contributed by atoms with Gasteiger partial charge in [0.15, 0.2) is 5.82 Å². The third-order valence-corrected chi connectivity index (χ3v) is 9.71. The Morgan fingerprint density at radius 1 is 1.05 bits per heavy atom. The average molecular weight is 586 g/mol. The van der Waals surface area contributed by atoms with Crippen LogP contribution in [0.3, 0.4) is 0 Å². The van der Waals surface area contributed by atoms with E-state index in [4.69, 9.17) is 4.98 Å². The van der Waals surface area contributed by atoms with Gasteiger partial charge in [-0.1, -0.05) is 6.07 Å². The lowest BCUT2D eigenvalue weighted by Crippen LogP contribution is -2.34. The van der Waals surface area contributed by atoms with Crippen molar-refractivity contribution in [3.05, 3.63) is 59.3 Å².